The van der Waals surface area contributed by atoms with Crippen molar-refractivity contribution in [3.8, 4) is 11.1 Å². The van der Waals surface area contributed by atoms with E-state index in [0.29, 0.717) is 32.4 Å². The number of carboxylic acid groups (broad SMARTS) is 1. The Morgan fingerprint density at radius 2 is 1.60 bits per heavy atom. The summed E-state index contributed by atoms with van der Waals surface area (Å²) in [6, 6.07) is 15.5. The maximum Gasteiger partial charge on any atom is 0.407 e. The summed E-state index contributed by atoms with van der Waals surface area (Å²) in [5, 5.41) is 12.0. The fourth-order valence-corrected chi connectivity index (χ4v) is 4.92. The number of carbonyl (C=O) groups is 3. The van der Waals surface area contributed by atoms with Crippen LogP contribution in [0.25, 0.3) is 11.1 Å². The number of nitrogens with one attached hydrogen (secondary N) is 1. The third-order valence-electron chi connectivity index (χ3n) is 6.85. The maximum absolute atomic E-state index is 13.2. The molecule has 2 aromatic rings. The lowest BCUT2D eigenvalue weighted by atomic mass is 9.96. The zero-order valence-electron chi connectivity index (χ0n) is 20.2. The number of nitrogens with zero attached hydrogens (tertiary/aromatic N) is 1. The number of hydrogen-bond donors (Lipinski definition) is 2. The molecule has 35 heavy (non-hydrogen) atoms. The number of likely N-dealkylation sites (tertiary alicyclic amines) is 1. The van der Waals surface area contributed by atoms with Gasteiger partial charge in [0.05, 0.1) is 5.92 Å². The van der Waals surface area contributed by atoms with Crippen LogP contribution in [0.3, 0.4) is 0 Å². The molecular weight excluding hydrogens is 444 g/mol. The summed E-state index contributed by atoms with van der Waals surface area (Å²) in [6.07, 6.45) is 2.47. The Hall–Kier alpha value is -3.61. The lowest BCUT2D eigenvalue weighted by Crippen LogP contribution is -2.51. The van der Waals surface area contributed by atoms with Gasteiger partial charge < -0.3 is 20.1 Å². The Balaban J connectivity index is 1.41. The topological polar surface area (TPSA) is 95.9 Å². The summed E-state index contributed by atoms with van der Waals surface area (Å²) in [6.45, 7) is 4.79. The molecule has 7 heteroatoms. The first kappa shape index (κ1) is 24.5. The smallest absolute Gasteiger partial charge is 0.407 e. The molecule has 0 radical (unpaired) electrons. The van der Waals surface area contributed by atoms with Crippen LogP contribution in [0.4, 0.5) is 4.79 Å². The maximum atomic E-state index is 13.2. The molecule has 1 atom stereocenters. The molecule has 1 fully saturated rings. The van der Waals surface area contributed by atoms with Crippen molar-refractivity contribution in [3.63, 3.8) is 0 Å². The van der Waals surface area contributed by atoms with E-state index in [-0.39, 0.29) is 18.4 Å². The van der Waals surface area contributed by atoms with Crippen molar-refractivity contribution in [1.82, 2.24) is 10.2 Å². The minimum absolute atomic E-state index is 0.0601. The quantitative estimate of drug-likeness (QED) is 0.571. The van der Waals surface area contributed by atoms with E-state index in [4.69, 9.17) is 4.74 Å². The van der Waals surface area contributed by atoms with Crippen LogP contribution < -0.4 is 5.32 Å². The number of aliphatic carboxylic acids is 1. The van der Waals surface area contributed by atoms with E-state index in [1.165, 1.54) is 0 Å². The summed E-state index contributed by atoms with van der Waals surface area (Å²) in [5.41, 5.74) is 5.60. The summed E-state index contributed by atoms with van der Waals surface area (Å²) >= 11 is 0. The molecule has 1 aliphatic carbocycles. The minimum atomic E-state index is -0.824. The molecular formula is C28H32N2O5. The van der Waals surface area contributed by atoms with Gasteiger partial charge in [-0.15, -0.1) is 0 Å². The van der Waals surface area contributed by atoms with Crippen molar-refractivity contribution in [2.75, 3.05) is 19.7 Å². The predicted molar refractivity (Wildman–Crippen MR) is 133 cm³/mol. The van der Waals surface area contributed by atoms with Crippen LogP contribution in [0.2, 0.25) is 0 Å². The third-order valence-corrected chi connectivity index (χ3v) is 6.85. The molecule has 1 heterocycles. The monoisotopic (exact) mass is 476 g/mol. The highest BCUT2D eigenvalue weighted by atomic mass is 16.5. The minimum Gasteiger partial charge on any atom is -0.481 e. The number of carboxylic acids is 1. The SMILES string of the molecule is CC(C)=CCC(NC(=O)OCC1c2ccccc2-c2ccccc21)C(=O)N1CCC(C(=O)O)CC1. The first-order valence-electron chi connectivity index (χ1n) is 12.1. The molecule has 2 aliphatic rings. The molecule has 1 saturated heterocycles. The number of allylic oxidation sites excluding steroid dienone is 1. The largest absolute Gasteiger partial charge is 0.481 e. The Morgan fingerprint density at radius 3 is 2.14 bits per heavy atom. The van der Waals surface area contributed by atoms with E-state index in [0.717, 1.165) is 27.8 Å². The van der Waals surface area contributed by atoms with Gasteiger partial charge in [0, 0.05) is 19.0 Å². The summed E-state index contributed by atoms with van der Waals surface area (Å²) in [4.78, 5) is 38.9. The molecule has 0 saturated carbocycles. The molecule has 2 N–H and O–H groups in total. The van der Waals surface area contributed by atoms with E-state index in [1.807, 2.05) is 44.2 Å². The number of fused-ring (bicyclic) bond motifs is 3. The Bertz CT molecular complexity index is 1080. The lowest BCUT2D eigenvalue weighted by Gasteiger charge is -2.32. The number of alkyl carbamates (subject to hydrolysis) is 1. The second kappa shape index (κ2) is 10.8. The predicted octanol–water partition coefficient (Wildman–Crippen LogP) is 4.57. The van der Waals surface area contributed by atoms with Gasteiger partial charge in [0.1, 0.15) is 12.6 Å². The molecule has 0 aromatic heterocycles. The third kappa shape index (κ3) is 5.56. The van der Waals surface area contributed by atoms with Crippen LogP contribution in [-0.4, -0.2) is 53.7 Å². The highest BCUT2D eigenvalue weighted by Crippen LogP contribution is 2.44. The Labute approximate surface area is 205 Å². The van der Waals surface area contributed by atoms with Crippen molar-refractivity contribution in [1.29, 1.82) is 0 Å². The van der Waals surface area contributed by atoms with Crippen molar-refractivity contribution >= 4 is 18.0 Å². The second-order valence-corrected chi connectivity index (χ2v) is 9.48. The highest BCUT2D eigenvalue weighted by molar-refractivity contribution is 5.86. The van der Waals surface area contributed by atoms with Gasteiger partial charge in [0.15, 0.2) is 0 Å². The van der Waals surface area contributed by atoms with E-state index >= 15 is 0 Å². The van der Waals surface area contributed by atoms with E-state index in [2.05, 4.69) is 29.6 Å². The molecule has 184 valence electrons. The molecule has 0 bridgehead atoms. The van der Waals surface area contributed by atoms with Crippen LogP contribution in [0.15, 0.2) is 60.2 Å². The molecule has 1 unspecified atom stereocenters. The highest BCUT2D eigenvalue weighted by Gasteiger charge is 2.32. The summed E-state index contributed by atoms with van der Waals surface area (Å²) in [7, 11) is 0. The normalized spacial score (nSPS) is 16.1. The number of amides is 2. The van der Waals surface area contributed by atoms with Crippen LogP contribution in [0.1, 0.15) is 50.2 Å². The first-order valence-corrected chi connectivity index (χ1v) is 12.1. The first-order chi connectivity index (χ1) is 16.8. The van der Waals surface area contributed by atoms with Crippen molar-refractivity contribution in [2.24, 2.45) is 5.92 Å². The van der Waals surface area contributed by atoms with Crippen LogP contribution in [-0.2, 0) is 14.3 Å². The number of hydrogen-bond acceptors (Lipinski definition) is 4. The van der Waals surface area contributed by atoms with Gasteiger partial charge in [-0.2, -0.15) is 0 Å². The van der Waals surface area contributed by atoms with Crippen molar-refractivity contribution in [2.45, 2.75) is 45.1 Å². The Kier molecular flexibility index (Phi) is 7.54. The number of piperidine rings is 1. The average molecular weight is 477 g/mol. The van der Waals surface area contributed by atoms with Crippen LogP contribution in [0, 0.1) is 5.92 Å². The van der Waals surface area contributed by atoms with Crippen LogP contribution in [0.5, 0.6) is 0 Å². The summed E-state index contributed by atoms with van der Waals surface area (Å²) in [5.74, 6) is -1.52. The van der Waals surface area contributed by atoms with Gasteiger partial charge in [-0.25, -0.2) is 4.79 Å². The molecule has 2 aromatic carbocycles. The molecule has 2 amide bonds. The van der Waals surface area contributed by atoms with Crippen LogP contribution >= 0.6 is 0 Å². The molecule has 0 spiro atoms. The van der Waals surface area contributed by atoms with Gasteiger partial charge in [0.2, 0.25) is 5.91 Å². The number of ether oxygens (including phenoxy) is 1. The number of benzene rings is 2. The molecule has 7 nitrogen and oxygen atoms in total. The fraction of sp³-hybridized carbons (Fsp3) is 0.393. The van der Waals surface area contributed by atoms with Gasteiger partial charge in [0.25, 0.3) is 0 Å². The average Bonchev–Trinajstić information content (AvgIpc) is 3.18. The standard InChI is InChI=1S/C28H32N2O5/c1-18(2)11-12-25(26(31)30-15-13-19(14-16-30)27(32)33)29-28(34)35-17-24-22-9-5-3-7-20(22)21-8-4-6-10-23(21)24/h3-11,19,24-25H,12-17H2,1-2H3,(H,29,34)(H,32,33). The van der Waals surface area contributed by atoms with Gasteiger partial charge in [-0.3, -0.25) is 9.59 Å². The van der Waals surface area contributed by atoms with Gasteiger partial charge in [-0.05, 0) is 55.4 Å². The van der Waals surface area contributed by atoms with Gasteiger partial charge in [-0.1, -0.05) is 60.2 Å². The van der Waals surface area contributed by atoms with E-state index in [1.54, 1.807) is 4.90 Å². The van der Waals surface area contributed by atoms with E-state index < -0.39 is 24.0 Å². The number of rotatable bonds is 7. The fourth-order valence-electron chi connectivity index (χ4n) is 4.92. The van der Waals surface area contributed by atoms with E-state index in [9.17, 15) is 19.5 Å². The second-order valence-electron chi connectivity index (χ2n) is 9.48. The summed E-state index contributed by atoms with van der Waals surface area (Å²) < 4.78 is 5.64. The molecule has 1 aliphatic heterocycles. The lowest BCUT2D eigenvalue weighted by molar-refractivity contribution is -0.146. The molecule has 4 rings (SSSR count). The van der Waals surface area contributed by atoms with Crippen molar-refractivity contribution < 1.29 is 24.2 Å². The van der Waals surface area contributed by atoms with Crippen molar-refractivity contribution in [3.05, 3.63) is 71.3 Å². The number of carbonyl (C=O) groups excluding carboxylic acids is 2. The zero-order valence-corrected chi connectivity index (χ0v) is 20.2. The Morgan fingerprint density at radius 1 is 1.03 bits per heavy atom. The zero-order chi connectivity index (χ0) is 24.9. The van der Waals surface area contributed by atoms with Gasteiger partial charge >= 0.3 is 12.1 Å².